The Labute approximate surface area is 148 Å². The number of benzene rings is 1. The van der Waals surface area contributed by atoms with Crippen molar-refractivity contribution >= 4 is 16.6 Å². The average Bonchev–Trinajstić information content (AvgIpc) is 3.16. The van der Waals surface area contributed by atoms with Crippen molar-refractivity contribution in [2.75, 3.05) is 51.2 Å². The van der Waals surface area contributed by atoms with Gasteiger partial charge in [-0.25, -0.2) is 0 Å². The van der Waals surface area contributed by atoms with Gasteiger partial charge in [0.25, 0.3) is 0 Å². The van der Waals surface area contributed by atoms with E-state index in [1.165, 1.54) is 16.6 Å². The van der Waals surface area contributed by atoms with E-state index in [-0.39, 0.29) is 0 Å². The SMILES string of the molecule is CNCCN1CCN(c2cccnc2-c2cccc3[nH]ccc23)CC1. The Balaban J connectivity index is 1.61. The van der Waals surface area contributed by atoms with E-state index in [2.05, 4.69) is 50.4 Å². The molecule has 0 unspecified atom stereocenters. The predicted molar refractivity (Wildman–Crippen MR) is 104 cm³/mol. The van der Waals surface area contributed by atoms with E-state index in [1.54, 1.807) is 0 Å². The molecule has 5 heteroatoms. The number of rotatable bonds is 5. The maximum Gasteiger partial charge on any atom is 0.0942 e. The molecule has 3 heterocycles. The van der Waals surface area contributed by atoms with Crippen molar-refractivity contribution in [2.45, 2.75) is 0 Å². The van der Waals surface area contributed by atoms with E-state index in [4.69, 9.17) is 4.98 Å². The van der Waals surface area contributed by atoms with Gasteiger partial charge in [0, 0.05) is 68.1 Å². The van der Waals surface area contributed by atoms with E-state index in [0.717, 1.165) is 50.5 Å². The van der Waals surface area contributed by atoms with Crippen LogP contribution in [0.2, 0.25) is 0 Å². The maximum absolute atomic E-state index is 4.74. The summed E-state index contributed by atoms with van der Waals surface area (Å²) in [6.07, 6.45) is 3.89. The van der Waals surface area contributed by atoms with Crippen molar-refractivity contribution in [3.05, 3.63) is 48.8 Å². The van der Waals surface area contributed by atoms with Crippen LogP contribution >= 0.6 is 0 Å². The van der Waals surface area contributed by atoms with Gasteiger partial charge in [-0.15, -0.1) is 0 Å². The fourth-order valence-electron chi connectivity index (χ4n) is 3.63. The Hall–Kier alpha value is -2.37. The number of H-pyrrole nitrogens is 1. The summed E-state index contributed by atoms with van der Waals surface area (Å²) in [4.78, 5) is 13.0. The molecule has 0 radical (unpaired) electrons. The van der Waals surface area contributed by atoms with Crippen LogP contribution in [-0.2, 0) is 0 Å². The zero-order valence-corrected chi connectivity index (χ0v) is 14.7. The number of hydrogen-bond acceptors (Lipinski definition) is 4. The quantitative estimate of drug-likeness (QED) is 0.752. The first-order chi connectivity index (χ1) is 12.4. The lowest BCUT2D eigenvalue weighted by Crippen LogP contribution is -2.48. The standard InChI is InChI=1S/C20H25N5/c1-21-10-11-24-12-14-25(15-13-24)19-6-3-8-23-20(19)17-4-2-5-18-16(17)7-9-22-18/h2-9,21-22H,10-15H2,1H3. The Morgan fingerprint density at radius 1 is 1.08 bits per heavy atom. The first-order valence-electron chi connectivity index (χ1n) is 9.00. The average molecular weight is 335 g/mol. The summed E-state index contributed by atoms with van der Waals surface area (Å²) in [7, 11) is 2.01. The molecule has 4 rings (SSSR count). The van der Waals surface area contributed by atoms with E-state index in [0.29, 0.717) is 0 Å². The molecule has 0 bridgehead atoms. The Morgan fingerprint density at radius 2 is 1.96 bits per heavy atom. The lowest BCUT2D eigenvalue weighted by atomic mass is 10.0. The summed E-state index contributed by atoms with van der Waals surface area (Å²) < 4.78 is 0. The van der Waals surface area contributed by atoms with Crippen molar-refractivity contribution in [3.8, 4) is 11.3 Å². The van der Waals surface area contributed by atoms with Crippen LogP contribution in [-0.4, -0.2) is 61.2 Å². The van der Waals surface area contributed by atoms with Crippen LogP contribution in [0.3, 0.4) is 0 Å². The highest BCUT2D eigenvalue weighted by molar-refractivity contribution is 5.97. The summed E-state index contributed by atoms with van der Waals surface area (Å²) in [6, 6.07) is 12.8. The summed E-state index contributed by atoms with van der Waals surface area (Å²) >= 11 is 0. The smallest absolute Gasteiger partial charge is 0.0942 e. The maximum atomic E-state index is 4.74. The predicted octanol–water partition coefficient (Wildman–Crippen LogP) is 2.57. The minimum absolute atomic E-state index is 1.05. The Bertz CT molecular complexity index is 833. The van der Waals surface area contributed by atoms with Crippen LogP contribution < -0.4 is 10.2 Å². The van der Waals surface area contributed by atoms with Gasteiger partial charge in [-0.05, 0) is 31.3 Å². The molecular formula is C20H25N5. The number of fused-ring (bicyclic) bond motifs is 1. The summed E-state index contributed by atoms with van der Waals surface area (Å²) in [5.74, 6) is 0. The van der Waals surface area contributed by atoms with Gasteiger partial charge in [-0.2, -0.15) is 0 Å². The number of piperazine rings is 1. The molecule has 1 fully saturated rings. The van der Waals surface area contributed by atoms with Gasteiger partial charge in [0.1, 0.15) is 0 Å². The number of nitrogens with one attached hydrogen (secondary N) is 2. The van der Waals surface area contributed by atoms with Crippen molar-refractivity contribution < 1.29 is 0 Å². The second-order valence-corrected chi connectivity index (χ2v) is 6.55. The van der Waals surface area contributed by atoms with Crippen LogP contribution in [0.1, 0.15) is 0 Å². The fourth-order valence-corrected chi connectivity index (χ4v) is 3.63. The van der Waals surface area contributed by atoms with Crippen LogP contribution in [0.25, 0.3) is 22.2 Å². The van der Waals surface area contributed by atoms with Crippen molar-refractivity contribution in [3.63, 3.8) is 0 Å². The van der Waals surface area contributed by atoms with Gasteiger partial charge >= 0.3 is 0 Å². The molecule has 0 aliphatic carbocycles. The minimum atomic E-state index is 1.05. The molecule has 130 valence electrons. The minimum Gasteiger partial charge on any atom is -0.367 e. The molecular weight excluding hydrogens is 310 g/mol. The van der Waals surface area contributed by atoms with E-state index in [9.17, 15) is 0 Å². The van der Waals surface area contributed by atoms with E-state index >= 15 is 0 Å². The van der Waals surface area contributed by atoms with Gasteiger partial charge in [-0.1, -0.05) is 12.1 Å². The molecule has 1 aliphatic heterocycles. The number of hydrogen-bond donors (Lipinski definition) is 2. The van der Waals surface area contributed by atoms with Crippen LogP contribution in [0.5, 0.6) is 0 Å². The third kappa shape index (κ3) is 3.25. The molecule has 2 N–H and O–H groups in total. The zero-order chi connectivity index (χ0) is 17.1. The van der Waals surface area contributed by atoms with Gasteiger partial charge < -0.3 is 15.2 Å². The third-order valence-electron chi connectivity index (χ3n) is 5.03. The topological polar surface area (TPSA) is 47.2 Å². The number of anilines is 1. The molecule has 0 spiro atoms. The second kappa shape index (κ2) is 7.25. The number of aromatic nitrogens is 2. The molecule has 1 aliphatic rings. The third-order valence-corrected chi connectivity index (χ3v) is 5.03. The number of pyridine rings is 1. The van der Waals surface area contributed by atoms with E-state index < -0.39 is 0 Å². The fraction of sp³-hybridized carbons (Fsp3) is 0.350. The Kier molecular flexibility index (Phi) is 4.68. The Morgan fingerprint density at radius 3 is 2.80 bits per heavy atom. The lowest BCUT2D eigenvalue weighted by Gasteiger charge is -2.36. The first-order valence-corrected chi connectivity index (χ1v) is 9.00. The molecule has 2 aromatic heterocycles. The summed E-state index contributed by atoms with van der Waals surface area (Å²) in [6.45, 7) is 6.46. The van der Waals surface area contributed by atoms with Gasteiger partial charge in [0.2, 0.25) is 0 Å². The number of nitrogens with zero attached hydrogens (tertiary/aromatic N) is 3. The molecule has 5 nitrogen and oxygen atoms in total. The molecule has 1 saturated heterocycles. The largest absolute Gasteiger partial charge is 0.367 e. The van der Waals surface area contributed by atoms with Gasteiger partial charge in [0.05, 0.1) is 11.4 Å². The second-order valence-electron chi connectivity index (χ2n) is 6.55. The van der Waals surface area contributed by atoms with Gasteiger partial charge in [-0.3, -0.25) is 9.88 Å². The summed E-state index contributed by atoms with van der Waals surface area (Å²) in [5, 5.41) is 4.47. The molecule has 1 aromatic carbocycles. The van der Waals surface area contributed by atoms with E-state index in [1.807, 2.05) is 25.5 Å². The zero-order valence-electron chi connectivity index (χ0n) is 14.7. The van der Waals surface area contributed by atoms with Gasteiger partial charge in [0.15, 0.2) is 0 Å². The van der Waals surface area contributed by atoms with Crippen molar-refractivity contribution in [1.29, 1.82) is 0 Å². The highest BCUT2D eigenvalue weighted by atomic mass is 15.3. The monoisotopic (exact) mass is 335 g/mol. The van der Waals surface area contributed by atoms with Crippen LogP contribution in [0.4, 0.5) is 5.69 Å². The molecule has 0 saturated carbocycles. The molecule has 0 amide bonds. The molecule has 0 atom stereocenters. The first kappa shape index (κ1) is 16.1. The summed E-state index contributed by atoms with van der Waals surface area (Å²) in [5.41, 5.74) is 4.68. The molecule has 25 heavy (non-hydrogen) atoms. The highest BCUT2D eigenvalue weighted by Crippen LogP contribution is 2.33. The lowest BCUT2D eigenvalue weighted by molar-refractivity contribution is 0.260. The number of likely N-dealkylation sites (N-methyl/N-ethyl adjacent to an activating group) is 1. The number of aromatic amines is 1. The van der Waals surface area contributed by atoms with Crippen molar-refractivity contribution in [1.82, 2.24) is 20.2 Å². The molecule has 3 aromatic rings. The normalized spacial score (nSPS) is 15.8. The van der Waals surface area contributed by atoms with Crippen LogP contribution in [0, 0.1) is 0 Å². The highest BCUT2D eigenvalue weighted by Gasteiger charge is 2.20. The van der Waals surface area contributed by atoms with Crippen molar-refractivity contribution in [2.24, 2.45) is 0 Å². The van der Waals surface area contributed by atoms with Crippen LogP contribution in [0.15, 0.2) is 48.8 Å².